The van der Waals surface area contributed by atoms with Gasteiger partial charge in [0.05, 0.1) is 33.4 Å². The second-order valence-corrected chi connectivity index (χ2v) is 13.5. The van der Waals surface area contributed by atoms with Crippen molar-refractivity contribution >= 4 is 41.0 Å². The van der Waals surface area contributed by atoms with E-state index >= 15 is 0 Å². The van der Waals surface area contributed by atoms with Gasteiger partial charge in [-0.05, 0) is 97.4 Å². The number of carbonyl (C=O) groups excluding carboxylic acids is 1. The lowest BCUT2D eigenvalue weighted by Crippen LogP contribution is -2.53. The van der Waals surface area contributed by atoms with Crippen LogP contribution in [0.5, 0.6) is 17.2 Å². The Hall–Kier alpha value is -4.71. The monoisotopic (exact) mass is 735 g/mol. The van der Waals surface area contributed by atoms with Crippen LogP contribution in [0.3, 0.4) is 0 Å². The predicted molar refractivity (Wildman–Crippen MR) is 193 cm³/mol. The third kappa shape index (κ3) is 7.96. The predicted octanol–water partition coefficient (Wildman–Crippen LogP) is 6.96. The molecule has 1 amide bonds. The summed E-state index contributed by atoms with van der Waals surface area (Å²) in [5.41, 5.74) is 2.89. The maximum absolute atomic E-state index is 14.0. The van der Waals surface area contributed by atoms with Crippen LogP contribution in [-0.2, 0) is 17.7 Å². The van der Waals surface area contributed by atoms with Gasteiger partial charge in [0.2, 0.25) is 0 Å². The molecule has 51 heavy (non-hydrogen) atoms. The first-order chi connectivity index (χ1) is 24.6. The van der Waals surface area contributed by atoms with Gasteiger partial charge in [-0.2, -0.15) is 4.73 Å². The van der Waals surface area contributed by atoms with Crippen LogP contribution in [0.1, 0.15) is 51.4 Å². The zero-order chi connectivity index (χ0) is 36.2. The number of hydrogen-bond acceptors (Lipinski definition) is 8. The summed E-state index contributed by atoms with van der Waals surface area (Å²) in [7, 11) is 4.61. The van der Waals surface area contributed by atoms with Gasteiger partial charge in [0.1, 0.15) is 21.9 Å². The smallest absolute Gasteiger partial charge is 0.414 e. The van der Waals surface area contributed by atoms with E-state index in [0.717, 1.165) is 25.9 Å². The summed E-state index contributed by atoms with van der Waals surface area (Å²) in [6, 6.07) is 17.5. The minimum atomic E-state index is -1.14. The molecule has 0 saturated carbocycles. The summed E-state index contributed by atoms with van der Waals surface area (Å²) in [6.07, 6.45) is 3.82. The van der Waals surface area contributed by atoms with Gasteiger partial charge in [0.15, 0.2) is 23.9 Å². The zero-order valence-corrected chi connectivity index (χ0v) is 30.0. The Morgan fingerprint density at radius 1 is 0.941 bits per heavy atom. The van der Waals surface area contributed by atoms with E-state index in [1.54, 1.807) is 60.5 Å². The molecule has 7 rings (SSSR count). The van der Waals surface area contributed by atoms with Gasteiger partial charge in [-0.15, -0.1) is 0 Å². The number of fused-ring (bicyclic) bond motifs is 3. The largest absolute Gasteiger partial charge is 0.619 e. The lowest BCUT2D eigenvalue weighted by atomic mass is 9.82. The van der Waals surface area contributed by atoms with Gasteiger partial charge in [-0.3, -0.25) is 9.80 Å². The van der Waals surface area contributed by atoms with Crippen molar-refractivity contribution in [2.24, 2.45) is 5.92 Å². The number of carboxylic acids is 1. The number of benzene rings is 3. The maximum Gasteiger partial charge on any atom is 0.414 e. The molecule has 3 aliphatic rings. The van der Waals surface area contributed by atoms with Crippen LogP contribution in [-0.4, -0.2) is 69.1 Å². The standard InChI is InChI=1S/C38H39Cl2N3O8/c1-48-27-8-6-26(7-9-27)43(38(46)51-36-22-41-14-12-24(36)13-15-41)19-23-4-10-28(37(44)45)30(16-23)29(18-31-32(39)20-42(47)21-33(31)40)25-5-11-34(49-2)35(17-25)50-3/h4-11,16-17,20-21,24,29,36H,12-15,18-19,22H2,1-3H3,(H,44,45)/t29-,36-/m0/s1. The van der Waals surface area contributed by atoms with E-state index in [-0.39, 0.29) is 34.7 Å². The van der Waals surface area contributed by atoms with Crippen molar-refractivity contribution < 1.29 is 38.4 Å². The van der Waals surface area contributed by atoms with Crippen LogP contribution >= 0.6 is 23.2 Å². The molecule has 3 fully saturated rings. The molecule has 268 valence electrons. The van der Waals surface area contributed by atoms with E-state index in [0.29, 0.717) is 62.4 Å². The van der Waals surface area contributed by atoms with Crippen LogP contribution in [0.25, 0.3) is 0 Å². The van der Waals surface area contributed by atoms with Crippen molar-refractivity contribution in [2.75, 3.05) is 45.9 Å². The fraction of sp³-hybridized carbons (Fsp3) is 0.342. The second kappa shape index (κ2) is 15.7. The molecule has 3 aliphatic heterocycles. The number of carbonyl (C=O) groups is 2. The number of ether oxygens (including phenoxy) is 4. The molecule has 0 aliphatic carbocycles. The Kier molecular flexibility index (Phi) is 11.1. The number of piperidine rings is 3. The average Bonchev–Trinajstić information content (AvgIpc) is 3.13. The van der Waals surface area contributed by atoms with E-state index in [1.165, 1.54) is 32.7 Å². The van der Waals surface area contributed by atoms with Gasteiger partial charge in [0, 0.05) is 23.7 Å². The lowest BCUT2D eigenvalue weighted by molar-refractivity contribution is -0.605. The molecule has 0 unspecified atom stereocenters. The van der Waals surface area contributed by atoms with Crippen LogP contribution in [0.15, 0.2) is 73.1 Å². The van der Waals surface area contributed by atoms with Crippen molar-refractivity contribution in [1.82, 2.24) is 4.90 Å². The molecule has 4 aromatic rings. The van der Waals surface area contributed by atoms with Crippen molar-refractivity contribution in [3.8, 4) is 17.2 Å². The Bertz CT molecular complexity index is 1880. The number of rotatable bonds is 12. The van der Waals surface area contributed by atoms with E-state index in [2.05, 4.69) is 4.90 Å². The quantitative estimate of drug-likeness (QED) is 0.121. The Labute approximate surface area is 306 Å². The first-order valence-corrected chi connectivity index (χ1v) is 17.3. The van der Waals surface area contributed by atoms with Crippen molar-refractivity contribution in [1.29, 1.82) is 0 Å². The normalized spacial score (nSPS) is 18.5. The average molecular weight is 737 g/mol. The topological polar surface area (TPSA) is 125 Å². The highest BCUT2D eigenvalue weighted by Crippen LogP contribution is 2.39. The molecule has 0 radical (unpaired) electrons. The molecule has 3 saturated heterocycles. The summed E-state index contributed by atoms with van der Waals surface area (Å²) >= 11 is 13.1. The SMILES string of the molecule is COc1ccc(N(Cc2ccc(C(=O)O)c([C@@H](Cc3c(Cl)c[n+]([O-])cc3Cl)c3ccc(OC)c(OC)c3)c2)C(=O)O[C@H]2CN3CCC2CC3)cc1. The third-order valence-electron chi connectivity index (χ3n) is 9.79. The third-order valence-corrected chi connectivity index (χ3v) is 10.4. The van der Waals surface area contributed by atoms with Crippen LogP contribution in [0.2, 0.25) is 10.0 Å². The molecular formula is C38H39Cl2N3O8. The molecule has 0 spiro atoms. The number of aromatic nitrogens is 1. The van der Waals surface area contributed by atoms with Crippen molar-refractivity contribution in [3.63, 3.8) is 0 Å². The Balaban J connectivity index is 1.42. The minimum absolute atomic E-state index is 0.0476. The fourth-order valence-corrected chi connectivity index (χ4v) is 7.64. The van der Waals surface area contributed by atoms with Crippen LogP contribution in [0.4, 0.5) is 10.5 Å². The number of methoxy groups -OCH3 is 3. The van der Waals surface area contributed by atoms with Crippen LogP contribution in [0, 0.1) is 11.1 Å². The van der Waals surface area contributed by atoms with Gasteiger partial charge in [-0.25, -0.2) is 9.59 Å². The van der Waals surface area contributed by atoms with E-state index in [9.17, 15) is 19.9 Å². The summed E-state index contributed by atoms with van der Waals surface area (Å²) in [5, 5.41) is 22.8. The molecule has 2 bridgehead atoms. The summed E-state index contributed by atoms with van der Waals surface area (Å²) in [5.74, 6) is 0.105. The number of amides is 1. The lowest BCUT2D eigenvalue weighted by Gasteiger charge is -2.44. The maximum atomic E-state index is 14.0. The number of anilines is 1. The highest BCUT2D eigenvalue weighted by Gasteiger charge is 2.37. The van der Waals surface area contributed by atoms with Crippen molar-refractivity contribution in [2.45, 2.75) is 37.8 Å². The van der Waals surface area contributed by atoms with Crippen molar-refractivity contribution in [3.05, 3.63) is 116 Å². The Morgan fingerprint density at radius 2 is 1.63 bits per heavy atom. The molecule has 4 heterocycles. The highest BCUT2D eigenvalue weighted by atomic mass is 35.5. The van der Waals surface area contributed by atoms with Crippen LogP contribution < -0.4 is 23.8 Å². The first-order valence-electron chi connectivity index (χ1n) is 16.6. The van der Waals surface area contributed by atoms with E-state index < -0.39 is 18.0 Å². The molecule has 1 N–H and O–H groups in total. The van der Waals surface area contributed by atoms with E-state index in [1.807, 2.05) is 6.07 Å². The summed E-state index contributed by atoms with van der Waals surface area (Å²) < 4.78 is 23.1. The minimum Gasteiger partial charge on any atom is -0.619 e. The number of hydrogen-bond donors (Lipinski definition) is 1. The number of nitrogens with zero attached hydrogens (tertiary/aromatic N) is 3. The molecule has 3 aromatic carbocycles. The molecule has 1 aromatic heterocycles. The molecular weight excluding hydrogens is 697 g/mol. The van der Waals surface area contributed by atoms with Gasteiger partial charge >= 0.3 is 12.1 Å². The number of carboxylic acid groups (broad SMARTS) is 1. The van der Waals surface area contributed by atoms with Gasteiger partial charge in [0.25, 0.3) is 0 Å². The second-order valence-electron chi connectivity index (χ2n) is 12.7. The highest BCUT2D eigenvalue weighted by molar-refractivity contribution is 6.35. The fourth-order valence-electron chi connectivity index (χ4n) is 7.04. The van der Waals surface area contributed by atoms with Gasteiger partial charge < -0.3 is 29.3 Å². The zero-order valence-electron chi connectivity index (χ0n) is 28.5. The Morgan fingerprint density at radius 3 is 2.22 bits per heavy atom. The summed E-state index contributed by atoms with van der Waals surface area (Å²) in [4.78, 5) is 30.7. The first kappa shape index (κ1) is 36.1. The number of aromatic carboxylic acids is 1. The number of halogens is 2. The summed E-state index contributed by atoms with van der Waals surface area (Å²) in [6.45, 7) is 2.81. The molecule has 11 nitrogen and oxygen atoms in total. The number of pyridine rings is 1. The molecule has 13 heteroatoms. The van der Waals surface area contributed by atoms with E-state index in [4.69, 9.17) is 42.1 Å². The van der Waals surface area contributed by atoms with Gasteiger partial charge in [-0.1, -0.05) is 41.4 Å². The molecule has 2 atom stereocenters.